The van der Waals surface area contributed by atoms with Crippen LogP contribution in [0.15, 0.2) is 18.2 Å². The number of benzene rings is 1. The Morgan fingerprint density at radius 3 is 2.75 bits per heavy atom. The molecule has 132 valence electrons. The van der Waals surface area contributed by atoms with Crippen molar-refractivity contribution in [1.29, 1.82) is 0 Å². The van der Waals surface area contributed by atoms with Crippen molar-refractivity contribution in [3.05, 3.63) is 34.6 Å². The first kappa shape index (κ1) is 18.7. The summed E-state index contributed by atoms with van der Waals surface area (Å²) in [5.74, 6) is -1.08. The summed E-state index contributed by atoms with van der Waals surface area (Å²) in [7, 11) is 0. The first-order chi connectivity index (χ1) is 11.3. The summed E-state index contributed by atoms with van der Waals surface area (Å²) in [5.41, 5.74) is -0.276. The molecule has 1 aliphatic carbocycles. The molecule has 0 radical (unpaired) electrons. The summed E-state index contributed by atoms with van der Waals surface area (Å²) in [6.07, 6.45) is 2.14. The van der Waals surface area contributed by atoms with Crippen LogP contribution in [-0.4, -0.2) is 24.0 Å². The summed E-state index contributed by atoms with van der Waals surface area (Å²) in [6, 6.07) is 3.70. The van der Waals surface area contributed by atoms with Crippen molar-refractivity contribution in [3.8, 4) is 0 Å². The molecule has 2 rings (SSSR count). The summed E-state index contributed by atoms with van der Waals surface area (Å²) in [4.78, 5) is 24.3. The van der Waals surface area contributed by atoms with E-state index in [1.807, 2.05) is 0 Å². The molecule has 0 heterocycles. The van der Waals surface area contributed by atoms with Gasteiger partial charge in [-0.05, 0) is 43.4 Å². The molecular weight excluding hydrogens is 333 g/mol. The van der Waals surface area contributed by atoms with Crippen LogP contribution in [-0.2, 0) is 9.53 Å². The third-order valence-electron chi connectivity index (χ3n) is 4.84. The van der Waals surface area contributed by atoms with Crippen molar-refractivity contribution < 1.29 is 18.7 Å². The zero-order valence-corrected chi connectivity index (χ0v) is 14.9. The Kier molecular flexibility index (Phi) is 6.21. The Balaban J connectivity index is 1.96. The molecule has 1 aromatic rings. The minimum atomic E-state index is -1.000. The number of esters is 1. The Labute approximate surface area is 146 Å². The smallest absolute Gasteiger partial charge is 0.341 e. The van der Waals surface area contributed by atoms with Gasteiger partial charge in [-0.15, -0.1) is 0 Å². The fourth-order valence-electron chi connectivity index (χ4n) is 3.02. The number of nitrogens with one attached hydrogen (secondary N) is 1. The Hall–Kier alpha value is -1.62. The summed E-state index contributed by atoms with van der Waals surface area (Å²) in [6.45, 7) is 5.77. The molecule has 0 saturated heterocycles. The molecule has 0 bridgehead atoms. The first-order valence-corrected chi connectivity index (χ1v) is 8.63. The molecule has 0 aromatic heterocycles. The lowest BCUT2D eigenvalue weighted by Gasteiger charge is -2.35. The van der Waals surface area contributed by atoms with Crippen LogP contribution in [0, 0.1) is 17.7 Å². The van der Waals surface area contributed by atoms with Crippen LogP contribution in [0.25, 0.3) is 0 Å². The zero-order chi connectivity index (χ0) is 17.9. The maximum Gasteiger partial charge on any atom is 0.341 e. The maximum absolute atomic E-state index is 13.7. The number of ether oxygens (including phenoxy) is 1. The quantitative estimate of drug-likeness (QED) is 0.831. The highest BCUT2D eigenvalue weighted by atomic mass is 35.5. The molecule has 4 atom stereocenters. The third-order valence-corrected chi connectivity index (χ3v) is 5.07. The van der Waals surface area contributed by atoms with Crippen molar-refractivity contribution in [1.82, 2.24) is 5.32 Å². The number of hydrogen-bond donors (Lipinski definition) is 1. The Morgan fingerprint density at radius 2 is 2.04 bits per heavy atom. The van der Waals surface area contributed by atoms with Crippen LogP contribution >= 0.6 is 11.6 Å². The SMILES string of the molecule is C[C@@H]1[C@H](C)CCC[C@@H]1NC(=O)[C@@H](C)OC(=O)c1cc(Cl)ccc1F. The Bertz CT molecular complexity index is 622. The standard InChI is InChI=1S/C18H23ClFNO3/c1-10-5-4-6-16(11(10)2)21-17(22)12(3)24-18(23)14-9-13(19)7-8-15(14)20/h7-12,16H,4-6H2,1-3H3,(H,21,22)/t10-,11-,12-,16+/m1/s1. The minimum absolute atomic E-state index is 0.0744. The number of amides is 1. The second-order valence-corrected chi connectivity index (χ2v) is 6.99. The number of halogens is 2. The average molecular weight is 356 g/mol. The first-order valence-electron chi connectivity index (χ1n) is 8.26. The number of hydrogen-bond acceptors (Lipinski definition) is 3. The van der Waals surface area contributed by atoms with Crippen molar-refractivity contribution in [2.24, 2.45) is 11.8 Å². The molecule has 1 aromatic carbocycles. The predicted molar refractivity (Wildman–Crippen MR) is 90.4 cm³/mol. The molecule has 4 nitrogen and oxygen atoms in total. The van der Waals surface area contributed by atoms with Crippen molar-refractivity contribution in [2.45, 2.75) is 52.2 Å². The van der Waals surface area contributed by atoms with Crippen molar-refractivity contribution >= 4 is 23.5 Å². The normalized spacial score (nSPS) is 25.0. The summed E-state index contributed by atoms with van der Waals surface area (Å²) in [5, 5.41) is 3.17. The van der Waals surface area contributed by atoms with E-state index in [0.717, 1.165) is 25.3 Å². The van der Waals surface area contributed by atoms with E-state index >= 15 is 0 Å². The van der Waals surface area contributed by atoms with E-state index in [1.165, 1.54) is 19.1 Å². The second kappa shape index (κ2) is 7.97. The van der Waals surface area contributed by atoms with Crippen LogP contribution in [0.3, 0.4) is 0 Å². The van der Waals surface area contributed by atoms with E-state index in [9.17, 15) is 14.0 Å². The largest absolute Gasteiger partial charge is 0.449 e. The lowest BCUT2D eigenvalue weighted by molar-refractivity contribution is -0.130. The lowest BCUT2D eigenvalue weighted by Crippen LogP contribution is -2.47. The third kappa shape index (κ3) is 4.47. The van der Waals surface area contributed by atoms with E-state index in [1.54, 1.807) is 0 Å². The van der Waals surface area contributed by atoms with E-state index in [0.29, 0.717) is 11.8 Å². The van der Waals surface area contributed by atoms with Gasteiger partial charge in [0, 0.05) is 11.1 Å². The summed E-state index contributed by atoms with van der Waals surface area (Å²) >= 11 is 5.76. The molecule has 1 N–H and O–H groups in total. The molecule has 1 aliphatic rings. The molecule has 1 fully saturated rings. The number of carbonyl (C=O) groups is 2. The van der Waals surface area contributed by atoms with Crippen molar-refractivity contribution in [3.63, 3.8) is 0 Å². The summed E-state index contributed by atoms with van der Waals surface area (Å²) < 4.78 is 18.8. The highest BCUT2D eigenvalue weighted by Crippen LogP contribution is 2.29. The zero-order valence-electron chi connectivity index (χ0n) is 14.1. The van der Waals surface area contributed by atoms with Gasteiger partial charge in [-0.25, -0.2) is 9.18 Å². The van der Waals surface area contributed by atoms with Gasteiger partial charge in [-0.2, -0.15) is 0 Å². The fraction of sp³-hybridized carbons (Fsp3) is 0.556. The highest BCUT2D eigenvalue weighted by Gasteiger charge is 2.30. The van der Waals surface area contributed by atoms with Gasteiger partial charge in [0.15, 0.2) is 6.10 Å². The minimum Gasteiger partial charge on any atom is -0.449 e. The Morgan fingerprint density at radius 1 is 1.33 bits per heavy atom. The van der Waals surface area contributed by atoms with Crippen molar-refractivity contribution in [2.75, 3.05) is 0 Å². The van der Waals surface area contributed by atoms with Gasteiger partial charge in [-0.3, -0.25) is 4.79 Å². The van der Waals surface area contributed by atoms with Gasteiger partial charge in [0.2, 0.25) is 0 Å². The topological polar surface area (TPSA) is 55.4 Å². The van der Waals surface area contributed by atoms with Crippen LogP contribution in [0.2, 0.25) is 5.02 Å². The molecule has 0 spiro atoms. The van der Waals surface area contributed by atoms with Crippen LogP contribution in [0.4, 0.5) is 4.39 Å². The van der Waals surface area contributed by atoms with Gasteiger partial charge in [0.05, 0.1) is 5.56 Å². The van der Waals surface area contributed by atoms with Gasteiger partial charge in [-0.1, -0.05) is 38.3 Å². The van der Waals surface area contributed by atoms with Gasteiger partial charge in [0.1, 0.15) is 5.82 Å². The predicted octanol–water partition coefficient (Wildman–Crippen LogP) is 3.97. The van der Waals surface area contributed by atoms with Crippen LogP contribution in [0.5, 0.6) is 0 Å². The molecule has 6 heteroatoms. The fourth-order valence-corrected chi connectivity index (χ4v) is 3.19. The van der Waals surface area contributed by atoms with E-state index in [-0.39, 0.29) is 22.5 Å². The van der Waals surface area contributed by atoms with Crippen LogP contribution in [0.1, 0.15) is 50.4 Å². The molecule has 1 saturated carbocycles. The van der Waals surface area contributed by atoms with Crippen LogP contribution < -0.4 is 5.32 Å². The van der Waals surface area contributed by atoms with Gasteiger partial charge < -0.3 is 10.1 Å². The maximum atomic E-state index is 13.7. The molecule has 24 heavy (non-hydrogen) atoms. The number of rotatable bonds is 4. The second-order valence-electron chi connectivity index (χ2n) is 6.55. The van der Waals surface area contributed by atoms with Gasteiger partial charge >= 0.3 is 5.97 Å². The molecule has 0 aliphatic heterocycles. The number of carbonyl (C=O) groups excluding carboxylic acids is 2. The van der Waals surface area contributed by atoms with E-state index in [2.05, 4.69) is 19.2 Å². The van der Waals surface area contributed by atoms with Gasteiger partial charge in [0.25, 0.3) is 5.91 Å². The lowest BCUT2D eigenvalue weighted by atomic mass is 9.78. The molecule has 1 amide bonds. The molecular formula is C18H23ClFNO3. The highest BCUT2D eigenvalue weighted by molar-refractivity contribution is 6.30. The van der Waals surface area contributed by atoms with E-state index < -0.39 is 17.9 Å². The molecule has 0 unspecified atom stereocenters. The average Bonchev–Trinajstić information content (AvgIpc) is 2.53. The monoisotopic (exact) mass is 355 g/mol. The van der Waals surface area contributed by atoms with E-state index in [4.69, 9.17) is 16.3 Å².